The van der Waals surface area contributed by atoms with Gasteiger partial charge in [0.1, 0.15) is 47.5 Å². The van der Waals surface area contributed by atoms with Gasteiger partial charge in [-0.2, -0.15) is 5.26 Å². The summed E-state index contributed by atoms with van der Waals surface area (Å²) in [6.07, 6.45) is 1.82. The molecule has 3 fully saturated rings. The predicted octanol–water partition coefficient (Wildman–Crippen LogP) is 5.00. The van der Waals surface area contributed by atoms with Gasteiger partial charge >= 0.3 is 0 Å². The molecule has 46 heavy (non-hydrogen) atoms. The number of nitriles is 1. The number of fused-ring (bicyclic) bond motifs is 2. The Hall–Kier alpha value is -4.98. The van der Waals surface area contributed by atoms with E-state index in [1.807, 2.05) is 6.07 Å². The fourth-order valence-corrected chi connectivity index (χ4v) is 7.15. The number of hydrogen-bond donors (Lipinski definition) is 1. The first-order chi connectivity index (χ1) is 22.1. The molecule has 9 nitrogen and oxygen atoms in total. The van der Waals surface area contributed by atoms with Gasteiger partial charge in [-0.15, -0.1) is 0 Å². The lowest BCUT2D eigenvalue weighted by molar-refractivity contribution is -0.142. The molecule has 0 radical (unpaired) electrons. The molecule has 1 saturated carbocycles. The molecule has 3 aliphatic heterocycles. The molecule has 0 bridgehead atoms. The minimum atomic E-state index is -1.17. The van der Waals surface area contributed by atoms with Crippen LogP contribution < -0.4 is 19.7 Å². The normalized spacial score (nSPS) is 26.6. The number of halogens is 2. The first-order valence-electron chi connectivity index (χ1n) is 15.4. The van der Waals surface area contributed by atoms with Gasteiger partial charge in [-0.3, -0.25) is 19.7 Å². The van der Waals surface area contributed by atoms with Crippen LogP contribution in [-0.2, 0) is 22.7 Å². The molecule has 4 aliphatic rings. The van der Waals surface area contributed by atoms with Crippen molar-refractivity contribution < 1.29 is 32.6 Å². The number of amides is 3. The maximum atomic E-state index is 15.3. The molecule has 5 atom stereocenters. The van der Waals surface area contributed by atoms with Crippen LogP contribution >= 0.6 is 0 Å². The number of hydrogen-bond acceptors (Lipinski definition) is 7. The average Bonchev–Trinajstić information content (AvgIpc) is 3.75. The Morgan fingerprint density at radius 1 is 1.07 bits per heavy atom. The zero-order valence-corrected chi connectivity index (χ0v) is 25.4. The number of rotatable bonds is 7. The van der Waals surface area contributed by atoms with Crippen molar-refractivity contribution in [3.05, 3.63) is 88.5 Å². The average molecular weight is 627 g/mol. The summed E-state index contributed by atoms with van der Waals surface area (Å²) in [7, 11) is 0. The van der Waals surface area contributed by atoms with E-state index in [4.69, 9.17) is 14.7 Å². The Labute approximate surface area is 264 Å². The van der Waals surface area contributed by atoms with E-state index >= 15 is 4.39 Å². The lowest BCUT2D eigenvalue weighted by atomic mass is 9.89. The molecule has 2 saturated heterocycles. The summed E-state index contributed by atoms with van der Waals surface area (Å²) in [6, 6.07) is 16.6. The largest absolute Gasteiger partial charge is 0.490 e. The molecule has 236 valence electrons. The van der Waals surface area contributed by atoms with Gasteiger partial charge < -0.3 is 19.3 Å². The fraction of sp³-hybridized carbons (Fsp3) is 0.371. The van der Waals surface area contributed by atoms with Crippen molar-refractivity contribution in [3.63, 3.8) is 0 Å². The molecule has 3 heterocycles. The number of piperidine rings is 2. The molecule has 4 unspecified atom stereocenters. The van der Waals surface area contributed by atoms with Crippen LogP contribution in [0.5, 0.6) is 11.5 Å². The van der Waals surface area contributed by atoms with E-state index in [0.717, 1.165) is 12.1 Å². The Balaban J connectivity index is 0.997. The van der Waals surface area contributed by atoms with Gasteiger partial charge in [-0.25, -0.2) is 8.78 Å². The van der Waals surface area contributed by atoms with E-state index in [0.29, 0.717) is 34.6 Å². The summed E-state index contributed by atoms with van der Waals surface area (Å²) in [5.74, 6) is -1.12. The van der Waals surface area contributed by atoms with E-state index < -0.39 is 23.1 Å². The zero-order valence-electron chi connectivity index (χ0n) is 25.4. The van der Waals surface area contributed by atoms with Crippen LogP contribution in [0.1, 0.15) is 66.6 Å². The molecule has 1 N–H and O–H groups in total. The van der Waals surface area contributed by atoms with Crippen molar-refractivity contribution in [2.45, 2.75) is 76.4 Å². The van der Waals surface area contributed by atoms with Crippen LogP contribution in [0, 0.1) is 28.9 Å². The summed E-state index contributed by atoms with van der Waals surface area (Å²) in [5, 5.41) is 11.4. The minimum Gasteiger partial charge on any atom is -0.490 e. The molecule has 0 aromatic heterocycles. The first-order valence-corrected chi connectivity index (χ1v) is 15.4. The van der Waals surface area contributed by atoms with Crippen LogP contribution in [0.25, 0.3) is 0 Å². The highest BCUT2D eigenvalue weighted by molar-refractivity contribution is 6.07. The standard InChI is InChI=1S/C35H32F2N4O5/c1-19-12-31(25-15-29(25)41(19)22-8-6-20(16-38)27(36)13-22)46-23-9-7-21(28(37)14-23)18-45-30-5-3-4-24-26(30)17-40(33(24)43)35(2)11-10-32(42)39-34(35)44/h3-9,13-14,19,25,29,31H,10-12,15,17-18H2,1-2H3,(H,39,42,44)/t19?,25?,29?,31?,35-/m0/s1. The highest BCUT2D eigenvalue weighted by atomic mass is 19.1. The zero-order chi connectivity index (χ0) is 32.3. The highest BCUT2D eigenvalue weighted by Crippen LogP contribution is 2.49. The lowest BCUT2D eigenvalue weighted by Crippen LogP contribution is -2.61. The van der Waals surface area contributed by atoms with Crippen LogP contribution in [0.4, 0.5) is 14.5 Å². The number of nitrogens with one attached hydrogen (secondary N) is 1. The number of carbonyl (C=O) groups excluding carboxylic acids is 3. The van der Waals surface area contributed by atoms with Gasteiger partial charge in [0.2, 0.25) is 5.91 Å². The summed E-state index contributed by atoms with van der Waals surface area (Å²) in [5.41, 5.74) is 0.943. The van der Waals surface area contributed by atoms with Crippen molar-refractivity contribution in [2.75, 3.05) is 4.90 Å². The van der Waals surface area contributed by atoms with Gasteiger partial charge in [0.05, 0.1) is 12.1 Å². The quantitative estimate of drug-likeness (QED) is 0.368. The first kappa shape index (κ1) is 29.7. The van der Waals surface area contributed by atoms with Gasteiger partial charge in [0, 0.05) is 59.3 Å². The molecular formula is C35H32F2N4O5. The van der Waals surface area contributed by atoms with E-state index in [1.165, 1.54) is 23.1 Å². The van der Waals surface area contributed by atoms with Crippen molar-refractivity contribution in [2.24, 2.45) is 5.92 Å². The maximum absolute atomic E-state index is 15.3. The molecule has 3 amide bonds. The molecule has 11 heteroatoms. The third-order valence-corrected chi connectivity index (χ3v) is 9.86. The molecule has 0 spiro atoms. The number of imide groups is 1. The summed E-state index contributed by atoms with van der Waals surface area (Å²) in [4.78, 5) is 41.4. The molecular weight excluding hydrogens is 594 g/mol. The Morgan fingerprint density at radius 2 is 1.89 bits per heavy atom. The monoisotopic (exact) mass is 626 g/mol. The highest BCUT2D eigenvalue weighted by Gasteiger charge is 2.54. The SMILES string of the molecule is CC1CC(Oc2ccc(COc3cccc4c3CN([C@@]3(C)CCC(=O)NC3=O)C4=O)c(F)c2)C2CC2N1c1ccc(C#N)c(F)c1. The third kappa shape index (κ3) is 5.02. The van der Waals surface area contributed by atoms with Crippen molar-refractivity contribution in [1.29, 1.82) is 5.26 Å². The van der Waals surface area contributed by atoms with Crippen molar-refractivity contribution >= 4 is 23.4 Å². The van der Waals surface area contributed by atoms with Crippen molar-refractivity contribution in [3.8, 4) is 17.6 Å². The topological polar surface area (TPSA) is 112 Å². The fourth-order valence-electron chi connectivity index (χ4n) is 7.15. The Bertz CT molecular complexity index is 1820. The van der Waals surface area contributed by atoms with E-state index in [9.17, 15) is 18.8 Å². The van der Waals surface area contributed by atoms with Gasteiger partial charge in [0.25, 0.3) is 11.8 Å². The predicted molar refractivity (Wildman–Crippen MR) is 162 cm³/mol. The Kier molecular flexibility index (Phi) is 7.18. The number of carbonyl (C=O) groups is 3. The number of benzene rings is 3. The summed E-state index contributed by atoms with van der Waals surface area (Å²) in [6.45, 7) is 3.77. The molecule has 7 rings (SSSR count). The molecule has 1 aliphatic carbocycles. The smallest absolute Gasteiger partial charge is 0.255 e. The van der Waals surface area contributed by atoms with E-state index in [-0.39, 0.29) is 67.5 Å². The summed E-state index contributed by atoms with van der Waals surface area (Å²) < 4.78 is 41.9. The minimum absolute atomic E-state index is 0.0199. The third-order valence-electron chi connectivity index (χ3n) is 9.86. The second-order valence-electron chi connectivity index (χ2n) is 12.8. The second-order valence-corrected chi connectivity index (χ2v) is 12.8. The van der Waals surface area contributed by atoms with Gasteiger partial charge in [0.15, 0.2) is 0 Å². The maximum Gasteiger partial charge on any atom is 0.255 e. The van der Waals surface area contributed by atoms with E-state index in [1.54, 1.807) is 43.3 Å². The van der Waals surface area contributed by atoms with Gasteiger partial charge in [-0.1, -0.05) is 6.07 Å². The second kappa shape index (κ2) is 11.1. The van der Waals surface area contributed by atoms with Crippen LogP contribution in [0.15, 0.2) is 54.6 Å². The number of anilines is 1. The van der Waals surface area contributed by atoms with Crippen LogP contribution in [0.3, 0.4) is 0 Å². The van der Waals surface area contributed by atoms with E-state index in [2.05, 4.69) is 17.1 Å². The summed E-state index contributed by atoms with van der Waals surface area (Å²) >= 11 is 0. The molecule has 3 aromatic rings. The van der Waals surface area contributed by atoms with Crippen LogP contribution in [0.2, 0.25) is 0 Å². The number of ether oxygens (including phenoxy) is 2. The lowest BCUT2D eigenvalue weighted by Gasteiger charge is -2.39. The Morgan fingerprint density at radius 3 is 2.63 bits per heavy atom. The van der Waals surface area contributed by atoms with Crippen molar-refractivity contribution in [1.82, 2.24) is 10.2 Å². The number of nitrogens with zero attached hydrogens (tertiary/aromatic N) is 3. The van der Waals surface area contributed by atoms with Gasteiger partial charge in [-0.05, 0) is 69.2 Å². The van der Waals surface area contributed by atoms with Crippen LogP contribution in [-0.4, -0.2) is 46.3 Å². The molecule has 3 aromatic carbocycles.